The number of benzene rings is 1. The maximum atomic E-state index is 13.2. The van der Waals surface area contributed by atoms with E-state index in [2.05, 4.69) is 40.4 Å². The molecule has 2 aliphatic heterocycles. The van der Waals surface area contributed by atoms with Gasteiger partial charge in [0.05, 0.1) is 11.1 Å². The predicted molar refractivity (Wildman–Crippen MR) is 125 cm³/mol. The smallest absolute Gasteiger partial charge is 0.261 e. The lowest BCUT2D eigenvalue weighted by Crippen LogP contribution is -2.53. The molecule has 5 atom stereocenters. The van der Waals surface area contributed by atoms with Gasteiger partial charge < -0.3 is 25.1 Å². The number of fused-ring (bicyclic) bond motifs is 1. The van der Waals surface area contributed by atoms with E-state index in [1.54, 1.807) is 23.1 Å². The Hall–Kier alpha value is -2.13. The van der Waals surface area contributed by atoms with Crippen LogP contribution in [-0.2, 0) is 19.2 Å². The van der Waals surface area contributed by atoms with Crippen LogP contribution in [0.1, 0.15) is 26.7 Å². The SMILES string of the molecule is CC1(C)C2CN(C(=O)COc3ccc(Br)cc3Cl)[C@@H](C(=O)N[C@H](C=O)C[C@@H]3CCNC3=O)C21. The largest absolute Gasteiger partial charge is 0.482 e. The molecule has 178 valence electrons. The second kappa shape index (κ2) is 9.25. The van der Waals surface area contributed by atoms with Crippen molar-refractivity contribution in [3.05, 3.63) is 27.7 Å². The topological polar surface area (TPSA) is 105 Å². The Labute approximate surface area is 205 Å². The van der Waals surface area contributed by atoms with Gasteiger partial charge in [-0.15, -0.1) is 0 Å². The van der Waals surface area contributed by atoms with Crippen molar-refractivity contribution in [3.8, 4) is 5.75 Å². The van der Waals surface area contributed by atoms with Crippen molar-refractivity contribution in [2.45, 2.75) is 38.8 Å². The van der Waals surface area contributed by atoms with Crippen LogP contribution < -0.4 is 15.4 Å². The molecule has 0 aromatic heterocycles. The van der Waals surface area contributed by atoms with Gasteiger partial charge in [-0.2, -0.15) is 0 Å². The third-order valence-corrected chi connectivity index (χ3v) is 8.02. The number of carbonyl (C=O) groups is 4. The average molecular weight is 541 g/mol. The highest BCUT2D eigenvalue weighted by atomic mass is 79.9. The number of hydrogen-bond donors (Lipinski definition) is 2. The molecule has 0 spiro atoms. The van der Waals surface area contributed by atoms with Crippen LogP contribution in [0.3, 0.4) is 0 Å². The van der Waals surface area contributed by atoms with E-state index < -0.39 is 12.1 Å². The van der Waals surface area contributed by atoms with Gasteiger partial charge in [0.2, 0.25) is 11.8 Å². The Kier molecular flexibility index (Phi) is 6.73. The van der Waals surface area contributed by atoms with Gasteiger partial charge >= 0.3 is 0 Å². The van der Waals surface area contributed by atoms with E-state index in [-0.39, 0.29) is 53.9 Å². The summed E-state index contributed by atoms with van der Waals surface area (Å²) in [5.74, 6) is -0.455. The molecular weight excluding hydrogens is 514 g/mol. The van der Waals surface area contributed by atoms with Crippen LogP contribution in [0.15, 0.2) is 22.7 Å². The molecule has 3 fully saturated rings. The lowest BCUT2D eigenvalue weighted by atomic mass is 9.97. The van der Waals surface area contributed by atoms with Gasteiger partial charge in [0.15, 0.2) is 6.61 Å². The molecule has 2 N–H and O–H groups in total. The zero-order valence-electron chi connectivity index (χ0n) is 18.5. The fraction of sp³-hybridized carbons (Fsp3) is 0.565. The molecule has 0 bridgehead atoms. The second-order valence-corrected chi connectivity index (χ2v) is 10.9. The van der Waals surface area contributed by atoms with Crippen LogP contribution in [0.25, 0.3) is 0 Å². The number of amides is 3. The Morgan fingerprint density at radius 3 is 2.82 bits per heavy atom. The Morgan fingerprint density at radius 1 is 1.42 bits per heavy atom. The number of nitrogens with zero attached hydrogens (tertiary/aromatic N) is 1. The van der Waals surface area contributed by atoms with Gasteiger partial charge in [0.25, 0.3) is 5.91 Å². The molecule has 2 saturated heterocycles. The molecule has 33 heavy (non-hydrogen) atoms. The molecule has 2 heterocycles. The quantitative estimate of drug-likeness (QED) is 0.492. The normalized spacial score (nSPS) is 28.0. The monoisotopic (exact) mass is 539 g/mol. The van der Waals surface area contributed by atoms with Crippen molar-refractivity contribution < 1.29 is 23.9 Å². The van der Waals surface area contributed by atoms with Crippen LogP contribution in [-0.4, -0.2) is 60.7 Å². The van der Waals surface area contributed by atoms with Gasteiger partial charge in [-0.1, -0.05) is 41.4 Å². The van der Waals surface area contributed by atoms with Crippen molar-refractivity contribution >= 4 is 51.5 Å². The van der Waals surface area contributed by atoms with Crippen LogP contribution >= 0.6 is 27.5 Å². The van der Waals surface area contributed by atoms with E-state index in [1.165, 1.54) is 0 Å². The van der Waals surface area contributed by atoms with Crippen LogP contribution in [0, 0.1) is 23.2 Å². The Balaban J connectivity index is 1.42. The maximum absolute atomic E-state index is 13.2. The van der Waals surface area contributed by atoms with Gasteiger partial charge in [0, 0.05) is 23.5 Å². The molecule has 3 amide bonds. The summed E-state index contributed by atoms with van der Waals surface area (Å²) in [6.07, 6.45) is 1.56. The molecule has 1 aromatic rings. The summed E-state index contributed by atoms with van der Waals surface area (Å²) < 4.78 is 6.42. The molecule has 2 unspecified atom stereocenters. The van der Waals surface area contributed by atoms with E-state index in [9.17, 15) is 19.2 Å². The zero-order valence-corrected chi connectivity index (χ0v) is 20.8. The van der Waals surface area contributed by atoms with E-state index in [0.29, 0.717) is 36.6 Å². The highest BCUT2D eigenvalue weighted by molar-refractivity contribution is 9.10. The summed E-state index contributed by atoms with van der Waals surface area (Å²) in [7, 11) is 0. The second-order valence-electron chi connectivity index (χ2n) is 9.57. The number of hydrogen-bond acceptors (Lipinski definition) is 5. The first-order valence-corrected chi connectivity index (χ1v) is 12.2. The first kappa shape index (κ1) is 24.0. The van der Waals surface area contributed by atoms with E-state index in [4.69, 9.17) is 16.3 Å². The average Bonchev–Trinajstić information content (AvgIpc) is 3.12. The summed E-state index contributed by atoms with van der Waals surface area (Å²) in [6, 6.07) is 3.65. The molecule has 8 nitrogen and oxygen atoms in total. The number of rotatable bonds is 8. The highest BCUT2D eigenvalue weighted by Gasteiger charge is 2.69. The summed E-state index contributed by atoms with van der Waals surface area (Å²) in [4.78, 5) is 51.3. The van der Waals surface area contributed by atoms with Crippen molar-refractivity contribution in [2.75, 3.05) is 19.7 Å². The first-order valence-electron chi connectivity index (χ1n) is 11.0. The number of piperidine rings is 1. The summed E-state index contributed by atoms with van der Waals surface area (Å²) >= 11 is 9.49. The van der Waals surface area contributed by atoms with E-state index in [1.807, 2.05) is 0 Å². The van der Waals surface area contributed by atoms with Gasteiger partial charge in [-0.05, 0) is 48.3 Å². The van der Waals surface area contributed by atoms with Crippen molar-refractivity contribution in [3.63, 3.8) is 0 Å². The number of halogens is 2. The predicted octanol–water partition coefficient (Wildman–Crippen LogP) is 2.17. The molecule has 10 heteroatoms. The molecule has 3 aliphatic rings. The minimum atomic E-state index is -0.776. The minimum absolute atomic E-state index is 0.0137. The number of nitrogens with one attached hydrogen (secondary N) is 2. The van der Waals surface area contributed by atoms with Gasteiger partial charge in [0.1, 0.15) is 18.1 Å². The highest BCUT2D eigenvalue weighted by Crippen LogP contribution is 2.64. The van der Waals surface area contributed by atoms with Gasteiger partial charge in [-0.3, -0.25) is 14.4 Å². The standard InChI is InChI=1S/C23H27BrClN3O5/c1-23(2)15-9-28(18(30)11-33-17-4-3-13(24)8-16(17)25)20(19(15)23)22(32)27-14(10-29)7-12-5-6-26-21(12)31/h3-4,8,10,12,14-15,19-20H,5-7,9,11H2,1-2H3,(H,26,31)(H,27,32)/t12-,14-,15?,19?,20+/m0/s1. The molecule has 0 radical (unpaired) electrons. The Bertz CT molecular complexity index is 987. The summed E-state index contributed by atoms with van der Waals surface area (Å²) in [5.41, 5.74) is -0.0589. The number of ether oxygens (including phenoxy) is 1. The van der Waals surface area contributed by atoms with Crippen LogP contribution in [0.4, 0.5) is 0 Å². The third-order valence-electron chi connectivity index (χ3n) is 7.24. The van der Waals surface area contributed by atoms with Crippen LogP contribution in [0.5, 0.6) is 5.75 Å². The molecule has 4 rings (SSSR count). The zero-order chi connectivity index (χ0) is 23.9. The fourth-order valence-electron chi connectivity index (χ4n) is 5.25. The van der Waals surface area contributed by atoms with Crippen molar-refractivity contribution in [1.29, 1.82) is 0 Å². The van der Waals surface area contributed by atoms with Gasteiger partial charge in [-0.25, -0.2) is 0 Å². The van der Waals surface area contributed by atoms with E-state index >= 15 is 0 Å². The summed E-state index contributed by atoms with van der Waals surface area (Å²) in [6.45, 7) is 4.96. The lowest BCUT2D eigenvalue weighted by molar-refractivity contribution is -0.142. The van der Waals surface area contributed by atoms with Crippen molar-refractivity contribution in [1.82, 2.24) is 15.5 Å². The fourth-order valence-corrected chi connectivity index (χ4v) is 5.98. The minimum Gasteiger partial charge on any atom is -0.482 e. The molecule has 1 saturated carbocycles. The maximum Gasteiger partial charge on any atom is 0.261 e. The first-order chi connectivity index (χ1) is 15.6. The molecule has 1 aliphatic carbocycles. The summed E-state index contributed by atoms with van der Waals surface area (Å²) in [5, 5.41) is 5.90. The number of aldehydes is 1. The molecule has 1 aromatic carbocycles. The number of carbonyl (C=O) groups excluding carboxylic acids is 4. The van der Waals surface area contributed by atoms with Crippen LogP contribution in [0.2, 0.25) is 5.02 Å². The van der Waals surface area contributed by atoms with E-state index in [0.717, 1.165) is 4.47 Å². The number of likely N-dealkylation sites (tertiary alicyclic amines) is 1. The Morgan fingerprint density at radius 2 is 2.18 bits per heavy atom. The van der Waals surface area contributed by atoms with Crippen molar-refractivity contribution in [2.24, 2.45) is 23.2 Å². The lowest BCUT2D eigenvalue weighted by Gasteiger charge is -2.31. The molecular formula is C23H27BrClN3O5. The third kappa shape index (κ3) is 4.75.